The molecule has 1 saturated heterocycles. The van der Waals surface area contributed by atoms with Crippen LogP contribution in [-0.2, 0) is 11.8 Å². The maximum Gasteiger partial charge on any atom is 0.184 e. The zero-order valence-electron chi connectivity index (χ0n) is 12.5. The normalized spacial score (nSPS) is 30.8. The number of fused-ring (bicyclic) bond motifs is 1. The number of rotatable bonds is 1. The summed E-state index contributed by atoms with van der Waals surface area (Å²) in [4.78, 5) is 0. The molecule has 0 aliphatic carbocycles. The topological polar surface area (TPSA) is 136 Å². The third-order valence-corrected chi connectivity index (χ3v) is 3.74. The highest BCUT2D eigenvalue weighted by atomic mass is 16.6. The van der Waals surface area contributed by atoms with Crippen molar-refractivity contribution >= 4 is 10.9 Å². The van der Waals surface area contributed by atoms with Crippen molar-refractivity contribution in [3.63, 3.8) is 0 Å². The average molecular weight is 327 g/mol. The number of hydrogen-bond acceptors (Lipinski definition) is 7. The van der Waals surface area contributed by atoms with Crippen molar-refractivity contribution in [1.82, 2.24) is 4.57 Å². The minimum Gasteiger partial charge on any atom is -0.506 e. The molecule has 0 radical (unpaired) electrons. The first kappa shape index (κ1) is 17.7. The summed E-state index contributed by atoms with van der Waals surface area (Å²) in [6, 6.07) is 7.77. The van der Waals surface area contributed by atoms with Gasteiger partial charge in [-0.1, -0.05) is 12.1 Å². The fraction of sp³-hybridized carbons (Fsp3) is 0.467. The molecule has 3 rings (SSSR count). The lowest BCUT2D eigenvalue weighted by molar-refractivity contribution is -0.286. The second-order valence-corrected chi connectivity index (χ2v) is 5.36. The lowest BCUT2D eigenvalue weighted by Crippen LogP contribution is -2.58. The van der Waals surface area contributed by atoms with Crippen molar-refractivity contribution in [2.45, 2.75) is 30.7 Å². The fourth-order valence-electron chi connectivity index (χ4n) is 2.40. The average Bonchev–Trinajstić information content (AvgIpc) is 2.85. The quantitative estimate of drug-likeness (QED) is 0.382. The molecule has 128 valence electrons. The van der Waals surface area contributed by atoms with E-state index in [4.69, 9.17) is 25.5 Å². The molecule has 1 aliphatic heterocycles. The third-order valence-electron chi connectivity index (χ3n) is 3.74. The van der Waals surface area contributed by atoms with Crippen LogP contribution in [0.2, 0.25) is 0 Å². The van der Waals surface area contributed by atoms with Gasteiger partial charge in [0.15, 0.2) is 6.29 Å². The number of aliphatic hydroxyl groups is 5. The van der Waals surface area contributed by atoms with Crippen molar-refractivity contribution in [3.8, 4) is 5.75 Å². The van der Waals surface area contributed by atoms with E-state index in [1.54, 1.807) is 6.20 Å². The molecule has 1 aliphatic rings. The van der Waals surface area contributed by atoms with Crippen molar-refractivity contribution in [2.75, 3.05) is 6.61 Å². The molecule has 8 nitrogen and oxygen atoms in total. The van der Waals surface area contributed by atoms with Gasteiger partial charge in [0.1, 0.15) is 30.2 Å². The van der Waals surface area contributed by atoms with Crippen molar-refractivity contribution in [3.05, 3.63) is 30.5 Å². The van der Waals surface area contributed by atoms with E-state index < -0.39 is 37.3 Å². The van der Waals surface area contributed by atoms with Gasteiger partial charge in [-0.3, -0.25) is 0 Å². The van der Waals surface area contributed by atoms with Gasteiger partial charge in [0.2, 0.25) is 0 Å². The van der Waals surface area contributed by atoms with E-state index in [2.05, 4.69) is 4.74 Å². The zero-order valence-corrected chi connectivity index (χ0v) is 12.5. The smallest absolute Gasteiger partial charge is 0.184 e. The Hall–Kier alpha value is -1.68. The second kappa shape index (κ2) is 7.26. The molecule has 5 atom stereocenters. The first-order valence-electron chi connectivity index (χ1n) is 7.08. The molecule has 8 heteroatoms. The summed E-state index contributed by atoms with van der Waals surface area (Å²) in [5, 5.41) is 54.9. The molecule has 1 fully saturated rings. The summed E-state index contributed by atoms with van der Waals surface area (Å²) in [5.41, 5.74) is 1.06. The predicted octanol–water partition coefficient (Wildman–Crippen LogP) is -1.34. The molecule has 0 bridgehead atoms. The maximum absolute atomic E-state index is 9.37. The van der Waals surface area contributed by atoms with Crippen molar-refractivity contribution in [2.24, 2.45) is 7.05 Å². The predicted molar refractivity (Wildman–Crippen MR) is 80.6 cm³/mol. The molecule has 2 heterocycles. The van der Waals surface area contributed by atoms with Gasteiger partial charge in [-0.2, -0.15) is 0 Å². The second-order valence-electron chi connectivity index (χ2n) is 5.36. The minimum atomic E-state index is -1.57. The molecular formula is C15H21NO7. The SMILES string of the molecule is Cn1cc(O)c2ccccc21.OC[C@H]1O[C@H](O)[C@@H](O)[C@@H](O)[C@@H]1O. The minimum absolute atomic E-state index is 0.350. The largest absolute Gasteiger partial charge is 0.506 e. The molecule has 0 saturated carbocycles. The zero-order chi connectivity index (χ0) is 17.1. The van der Waals surface area contributed by atoms with Crippen LogP contribution in [0.15, 0.2) is 30.5 Å². The first-order chi connectivity index (χ1) is 10.9. The molecule has 0 spiro atoms. The summed E-state index contributed by atoms with van der Waals surface area (Å²) in [6.07, 6.45) is -5.33. The van der Waals surface area contributed by atoms with Crippen LogP contribution in [0.5, 0.6) is 5.75 Å². The van der Waals surface area contributed by atoms with Crippen LogP contribution in [0, 0.1) is 0 Å². The molecule has 0 amide bonds. The van der Waals surface area contributed by atoms with Gasteiger partial charge in [-0.15, -0.1) is 0 Å². The van der Waals surface area contributed by atoms with Crippen LogP contribution in [-0.4, -0.2) is 72.5 Å². The molecule has 1 aromatic heterocycles. The van der Waals surface area contributed by atoms with Gasteiger partial charge >= 0.3 is 0 Å². The number of benzene rings is 1. The highest BCUT2D eigenvalue weighted by molar-refractivity contribution is 5.86. The molecule has 2 aromatic rings. The highest BCUT2D eigenvalue weighted by Gasteiger charge is 2.42. The van der Waals surface area contributed by atoms with Crippen LogP contribution in [0.4, 0.5) is 0 Å². The van der Waals surface area contributed by atoms with Crippen LogP contribution >= 0.6 is 0 Å². The van der Waals surface area contributed by atoms with Gasteiger partial charge in [-0.25, -0.2) is 0 Å². The molecule has 1 aromatic carbocycles. The van der Waals surface area contributed by atoms with Gasteiger partial charge < -0.3 is 39.9 Å². The molecule has 0 unspecified atom stereocenters. The van der Waals surface area contributed by atoms with E-state index in [0.29, 0.717) is 5.75 Å². The summed E-state index contributed by atoms with van der Waals surface area (Å²) in [7, 11) is 1.92. The Bertz CT molecular complexity index is 603. The van der Waals surface area contributed by atoms with Gasteiger partial charge in [0, 0.05) is 18.6 Å². The lowest BCUT2D eigenvalue weighted by Gasteiger charge is -2.37. The Morgan fingerprint density at radius 1 is 1.04 bits per heavy atom. The van der Waals surface area contributed by atoms with E-state index in [-0.39, 0.29) is 0 Å². The van der Waals surface area contributed by atoms with E-state index in [0.717, 1.165) is 10.9 Å². The number of aryl methyl sites for hydroxylation is 1. The van der Waals surface area contributed by atoms with Crippen molar-refractivity contribution in [1.29, 1.82) is 0 Å². The summed E-state index contributed by atoms with van der Waals surface area (Å²) >= 11 is 0. The molecular weight excluding hydrogens is 306 g/mol. The van der Waals surface area contributed by atoms with Crippen LogP contribution < -0.4 is 0 Å². The summed E-state index contributed by atoms with van der Waals surface area (Å²) in [5.74, 6) is 0.350. The van der Waals surface area contributed by atoms with Gasteiger partial charge in [-0.05, 0) is 12.1 Å². The number of para-hydroxylation sites is 1. The van der Waals surface area contributed by atoms with E-state index >= 15 is 0 Å². The number of aliphatic hydroxyl groups excluding tert-OH is 5. The molecule has 23 heavy (non-hydrogen) atoms. The number of aromatic hydroxyl groups is 1. The van der Waals surface area contributed by atoms with Gasteiger partial charge in [0.25, 0.3) is 0 Å². The Morgan fingerprint density at radius 2 is 1.70 bits per heavy atom. The first-order valence-corrected chi connectivity index (χ1v) is 7.08. The number of aromatic nitrogens is 1. The monoisotopic (exact) mass is 327 g/mol. The Balaban J connectivity index is 0.000000167. The number of ether oxygens (including phenoxy) is 1. The van der Waals surface area contributed by atoms with Crippen LogP contribution in [0.3, 0.4) is 0 Å². The summed E-state index contributed by atoms with van der Waals surface area (Å²) < 4.78 is 6.48. The number of hydrogen-bond donors (Lipinski definition) is 6. The Morgan fingerprint density at radius 3 is 2.30 bits per heavy atom. The van der Waals surface area contributed by atoms with E-state index in [1.807, 2.05) is 35.9 Å². The fourth-order valence-corrected chi connectivity index (χ4v) is 2.40. The summed E-state index contributed by atoms with van der Waals surface area (Å²) in [6.45, 7) is -0.526. The van der Waals surface area contributed by atoms with E-state index in [9.17, 15) is 5.11 Å². The van der Waals surface area contributed by atoms with E-state index in [1.165, 1.54) is 0 Å². The number of nitrogens with zero attached hydrogens (tertiary/aromatic N) is 1. The Labute approximate surface area is 132 Å². The third kappa shape index (κ3) is 3.63. The Kier molecular flexibility index (Phi) is 5.58. The standard InChI is InChI=1S/C9H9NO.C6H12O6/c1-10-6-9(11)7-4-2-3-5-8(7)10;7-1-2-3(8)4(9)5(10)6(11)12-2/h2-6,11H,1H3;2-11H,1H2/t;2-,3-,4+,5+,6+/m.1/s1. The van der Waals surface area contributed by atoms with Crippen LogP contribution in [0.1, 0.15) is 0 Å². The van der Waals surface area contributed by atoms with Crippen LogP contribution in [0.25, 0.3) is 10.9 Å². The maximum atomic E-state index is 9.37. The highest BCUT2D eigenvalue weighted by Crippen LogP contribution is 2.25. The van der Waals surface area contributed by atoms with Crippen molar-refractivity contribution < 1.29 is 35.4 Å². The lowest BCUT2D eigenvalue weighted by atomic mass is 10.00. The van der Waals surface area contributed by atoms with Gasteiger partial charge in [0.05, 0.1) is 12.1 Å². The molecule has 6 N–H and O–H groups in total.